The van der Waals surface area contributed by atoms with Crippen molar-refractivity contribution in [1.29, 1.82) is 0 Å². The minimum Gasteiger partial charge on any atom is -0.476 e. The van der Waals surface area contributed by atoms with Crippen LogP contribution >= 0.6 is 0 Å². The molecule has 0 atom stereocenters. The van der Waals surface area contributed by atoms with Gasteiger partial charge in [0.1, 0.15) is 12.4 Å². The summed E-state index contributed by atoms with van der Waals surface area (Å²) in [6, 6.07) is 0. The number of hydrogen-bond acceptors (Lipinski definition) is 4. The maximum Gasteiger partial charge on any atom is 0.232 e. The molecular weight excluding hydrogens is 154 g/mol. The van der Waals surface area contributed by atoms with Gasteiger partial charge < -0.3 is 10.5 Å². The van der Waals surface area contributed by atoms with Crippen LogP contribution in [-0.2, 0) is 0 Å². The molecule has 0 spiro atoms. The van der Waals surface area contributed by atoms with Gasteiger partial charge in [0.05, 0.1) is 12.4 Å². The van der Waals surface area contributed by atoms with Crippen molar-refractivity contribution in [3.8, 4) is 18.2 Å². The zero-order valence-electron chi connectivity index (χ0n) is 6.53. The molecule has 0 saturated heterocycles. The monoisotopic (exact) mass is 163 g/mol. The summed E-state index contributed by atoms with van der Waals surface area (Å²) in [5, 5.41) is 0. The average molecular weight is 163 g/mol. The number of terminal acetylenes is 1. The Balaban J connectivity index is 2.43. The third-order valence-corrected chi connectivity index (χ3v) is 1.14. The molecule has 0 aliphatic heterocycles. The lowest BCUT2D eigenvalue weighted by atomic mass is 10.5. The highest BCUT2D eigenvalue weighted by Gasteiger charge is 1.93. The fraction of sp³-hybridized carbons (Fsp3) is 0.250. The molecule has 0 aliphatic rings. The minimum atomic E-state index is 0.374. The Morgan fingerprint density at radius 2 is 2.33 bits per heavy atom. The molecule has 0 bridgehead atoms. The Morgan fingerprint density at radius 3 is 2.92 bits per heavy atom. The van der Waals surface area contributed by atoms with Crippen molar-refractivity contribution in [2.45, 2.75) is 6.42 Å². The molecule has 1 aromatic heterocycles. The molecule has 0 aromatic carbocycles. The van der Waals surface area contributed by atoms with Crippen molar-refractivity contribution in [3.05, 3.63) is 12.4 Å². The number of aromatic nitrogens is 2. The van der Waals surface area contributed by atoms with Crippen LogP contribution in [-0.4, -0.2) is 16.6 Å². The van der Waals surface area contributed by atoms with E-state index >= 15 is 0 Å². The van der Waals surface area contributed by atoms with Gasteiger partial charge in [0.15, 0.2) is 0 Å². The van der Waals surface area contributed by atoms with E-state index in [0.29, 0.717) is 24.7 Å². The molecule has 1 heterocycles. The van der Waals surface area contributed by atoms with Crippen molar-refractivity contribution in [1.82, 2.24) is 9.97 Å². The van der Waals surface area contributed by atoms with E-state index < -0.39 is 0 Å². The van der Waals surface area contributed by atoms with Crippen LogP contribution < -0.4 is 10.5 Å². The molecule has 0 saturated carbocycles. The number of ether oxygens (including phenoxy) is 1. The second-order valence-electron chi connectivity index (χ2n) is 2.08. The third kappa shape index (κ3) is 2.46. The molecule has 0 radical (unpaired) electrons. The lowest BCUT2D eigenvalue weighted by Gasteiger charge is -2.00. The van der Waals surface area contributed by atoms with Crippen LogP contribution in [0.1, 0.15) is 6.42 Å². The van der Waals surface area contributed by atoms with Gasteiger partial charge in [-0.15, -0.1) is 12.3 Å². The second-order valence-corrected chi connectivity index (χ2v) is 2.08. The average Bonchev–Trinajstić information content (AvgIpc) is 2.09. The van der Waals surface area contributed by atoms with E-state index in [-0.39, 0.29) is 0 Å². The third-order valence-electron chi connectivity index (χ3n) is 1.14. The van der Waals surface area contributed by atoms with Crippen molar-refractivity contribution in [3.63, 3.8) is 0 Å². The predicted octanol–water partition coefficient (Wildman–Crippen LogP) is 0.461. The van der Waals surface area contributed by atoms with Crippen LogP contribution in [0.15, 0.2) is 12.4 Å². The van der Waals surface area contributed by atoms with Crippen LogP contribution in [0.3, 0.4) is 0 Å². The summed E-state index contributed by atoms with van der Waals surface area (Å²) in [4.78, 5) is 7.67. The van der Waals surface area contributed by atoms with Crippen LogP contribution in [0, 0.1) is 12.3 Å². The van der Waals surface area contributed by atoms with Crippen molar-refractivity contribution in [2.75, 3.05) is 12.3 Å². The summed E-state index contributed by atoms with van der Waals surface area (Å²) in [5.74, 6) is 3.27. The van der Waals surface area contributed by atoms with Crippen molar-refractivity contribution in [2.24, 2.45) is 0 Å². The Hall–Kier alpha value is -1.76. The normalized spacial score (nSPS) is 8.92. The summed E-state index contributed by atoms with van der Waals surface area (Å²) < 4.78 is 5.13. The maximum absolute atomic E-state index is 5.32. The highest BCUT2D eigenvalue weighted by molar-refractivity contribution is 5.24. The predicted molar refractivity (Wildman–Crippen MR) is 45.4 cm³/mol. The molecule has 4 heteroatoms. The number of hydrogen-bond donors (Lipinski definition) is 1. The Labute approximate surface area is 70.8 Å². The molecule has 4 nitrogen and oxygen atoms in total. The van der Waals surface area contributed by atoms with Gasteiger partial charge in [0, 0.05) is 6.42 Å². The molecule has 0 amide bonds. The first-order valence-electron chi connectivity index (χ1n) is 3.46. The molecule has 0 fully saturated rings. The number of nitrogens with two attached hydrogens (primary N) is 1. The van der Waals surface area contributed by atoms with Crippen LogP contribution in [0.25, 0.3) is 0 Å². The molecule has 12 heavy (non-hydrogen) atoms. The topological polar surface area (TPSA) is 61.0 Å². The highest BCUT2D eigenvalue weighted by atomic mass is 16.5. The first kappa shape index (κ1) is 8.34. The standard InChI is InChI=1S/C8H9N3O/c1-2-3-4-12-8-6-10-7(9)5-11-8/h1,5-6H,3-4H2,(H2,9,10). The summed E-state index contributed by atoms with van der Waals surface area (Å²) in [7, 11) is 0. The minimum absolute atomic E-state index is 0.374. The van der Waals surface area contributed by atoms with Crippen LogP contribution in [0.2, 0.25) is 0 Å². The Morgan fingerprint density at radius 1 is 1.50 bits per heavy atom. The van der Waals surface area contributed by atoms with Gasteiger partial charge in [-0.05, 0) is 0 Å². The smallest absolute Gasteiger partial charge is 0.232 e. The van der Waals surface area contributed by atoms with Crippen molar-refractivity contribution < 1.29 is 4.74 Å². The van der Waals surface area contributed by atoms with E-state index in [1.54, 1.807) is 0 Å². The van der Waals surface area contributed by atoms with E-state index in [1.165, 1.54) is 12.4 Å². The van der Waals surface area contributed by atoms with Gasteiger partial charge in [0.2, 0.25) is 5.88 Å². The van der Waals surface area contributed by atoms with E-state index in [9.17, 15) is 0 Å². The molecule has 2 N–H and O–H groups in total. The van der Waals surface area contributed by atoms with E-state index in [4.69, 9.17) is 16.9 Å². The van der Waals surface area contributed by atoms with Crippen LogP contribution in [0.4, 0.5) is 5.82 Å². The summed E-state index contributed by atoms with van der Waals surface area (Å²) in [5.41, 5.74) is 5.32. The lowest BCUT2D eigenvalue weighted by Crippen LogP contribution is -1.99. The highest BCUT2D eigenvalue weighted by Crippen LogP contribution is 2.04. The quantitative estimate of drug-likeness (QED) is 0.519. The fourth-order valence-electron chi connectivity index (χ4n) is 0.615. The molecule has 62 valence electrons. The summed E-state index contributed by atoms with van der Waals surface area (Å²) >= 11 is 0. The lowest BCUT2D eigenvalue weighted by molar-refractivity contribution is 0.313. The first-order valence-corrected chi connectivity index (χ1v) is 3.46. The van der Waals surface area contributed by atoms with Gasteiger partial charge in [-0.25, -0.2) is 9.97 Å². The van der Waals surface area contributed by atoms with Crippen molar-refractivity contribution >= 4 is 5.82 Å². The van der Waals surface area contributed by atoms with Gasteiger partial charge in [-0.2, -0.15) is 0 Å². The zero-order chi connectivity index (χ0) is 8.81. The van der Waals surface area contributed by atoms with Gasteiger partial charge in [0.25, 0.3) is 0 Å². The number of nitrogen functional groups attached to an aromatic ring is 1. The number of nitrogens with zero attached hydrogens (tertiary/aromatic N) is 2. The molecule has 1 aromatic rings. The Kier molecular flexibility index (Phi) is 2.91. The van der Waals surface area contributed by atoms with E-state index in [1.807, 2.05) is 0 Å². The van der Waals surface area contributed by atoms with Crippen LogP contribution in [0.5, 0.6) is 5.88 Å². The maximum atomic E-state index is 5.32. The molecule has 0 aliphatic carbocycles. The summed E-state index contributed by atoms with van der Waals surface area (Å²) in [6.45, 7) is 0.453. The fourth-order valence-corrected chi connectivity index (χ4v) is 0.615. The largest absolute Gasteiger partial charge is 0.476 e. The van der Waals surface area contributed by atoms with Gasteiger partial charge in [-0.3, -0.25) is 0 Å². The van der Waals surface area contributed by atoms with E-state index in [2.05, 4.69) is 15.9 Å². The van der Waals surface area contributed by atoms with Gasteiger partial charge >= 0.3 is 0 Å². The Bertz CT molecular complexity index is 275. The molecule has 1 rings (SSSR count). The molecule has 0 unspecified atom stereocenters. The second kappa shape index (κ2) is 4.19. The van der Waals surface area contributed by atoms with Gasteiger partial charge in [-0.1, -0.05) is 0 Å². The zero-order valence-corrected chi connectivity index (χ0v) is 6.53. The molecular formula is C8H9N3O. The first-order chi connectivity index (χ1) is 5.83. The number of anilines is 1. The summed E-state index contributed by atoms with van der Waals surface area (Å²) in [6.07, 6.45) is 8.49. The van der Waals surface area contributed by atoms with E-state index in [0.717, 1.165) is 0 Å². The SMILES string of the molecule is C#CCCOc1cnc(N)cn1. The number of rotatable bonds is 3.